The standard InChI is InChI=1S/C37H44ClF3N8O5.C2H4O2/c1-23-28(21-49(44-23)16-17-54-5)25-8-9-27(33(41)32(25)40)30-20-42-34(46(30)4)35(51)43-24-6-7-26(29(38)18-24)36(52)48-14-12-47(13-15-48)31(50)19-37(53,22-39)10-11-45(2)3;1-4-2-3/h6-9,18,20-21,53H,10-17,19,22H2,1-5H3,(H,43,51);2H,1H3/p+1. The van der Waals surface area contributed by atoms with Crippen LogP contribution in [-0.2, 0) is 32.7 Å². The van der Waals surface area contributed by atoms with Crippen LogP contribution in [-0.4, -0.2) is 138 Å². The van der Waals surface area contributed by atoms with Gasteiger partial charge >= 0.3 is 0 Å². The largest absolute Gasteiger partial charge is 0.471 e. The van der Waals surface area contributed by atoms with Crippen LogP contribution in [0, 0.1) is 18.6 Å². The molecule has 0 saturated carbocycles. The van der Waals surface area contributed by atoms with Crippen LogP contribution in [0.2, 0.25) is 5.02 Å². The Bertz CT molecular complexity index is 2090. The lowest BCUT2D eigenvalue weighted by atomic mass is 9.96. The Kier molecular flexibility index (Phi) is 16.0. The lowest BCUT2D eigenvalue weighted by molar-refractivity contribution is -0.859. The zero-order valence-electron chi connectivity index (χ0n) is 33.3. The quantitative estimate of drug-likeness (QED) is 0.153. The van der Waals surface area contributed by atoms with Crippen LogP contribution in [0.15, 0.2) is 42.7 Å². The predicted molar refractivity (Wildman–Crippen MR) is 209 cm³/mol. The molecule has 1 atom stereocenters. The molecule has 5 rings (SSSR count). The summed E-state index contributed by atoms with van der Waals surface area (Å²) < 4.78 is 56.5. The minimum absolute atomic E-state index is 0.0457. The van der Waals surface area contributed by atoms with E-state index in [9.17, 15) is 23.9 Å². The Morgan fingerprint density at radius 1 is 1.03 bits per heavy atom. The molecule has 314 valence electrons. The Hall–Kier alpha value is -5.30. The summed E-state index contributed by atoms with van der Waals surface area (Å²) in [5, 5.41) is 17.7. The van der Waals surface area contributed by atoms with Crippen molar-refractivity contribution < 1.29 is 51.8 Å². The number of aromatic nitrogens is 4. The Morgan fingerprint density at radius 3 is 2.28 bits per heavy atom. The van der Waals surface area contributed by atoms with Crippen LogP contribution in [0.1, 0.15) is 39.5 Å². The van der Waals surface area contributed by atoms with Gasteiger partial charge in [0.25, 0.3) is 18.3 Å². The van der Waals surface area contributed by atoms with Crippen molar-refractivity contribution in [3.05, 3.63) is 76.5 Å². The zero-order valence-corrected chi connectivity index (χ0v) is 34.0. The van der Waals surface area contributed by atoms with E-state index in [1.807, 2.05) is 14.1 Å². The normalized spacial score (nSPS) is 13.8. The van der Waals surface area contributed by atoms with Gasteiger partial charge in [-0.2, -0.15) is 5.10 Å². The molecule has 4 aromatic rings. The highest BCUT2D eigenvalue weighted by atomic mass is 35.5. The number of rotatable bonds is 15. The first-order valence-corrected chi connectivity index (χ1v) is 18.7. The molecule has 1 saturated heterocycles. The highest BCUT2D eigenvalue weighted by molar-refractivity contribution is 6.34. The number of imidazole rings is 1. The van der Waals surface area contributed by atoms with E-state index in [-0.39, 0.29) is 89.8 Å². The van der Waals surface area contributed by atoms with Gasteiger partial charge in [0.05, 0.1) is 75.5 Å². The van der Waals surface area contributed by atoms with Gasteiger partial charge in [-0.25, -0.2) is 18.2 Å². The molecule has 0 bridgehead atoms. The van der Waals surface area contributed by atoms with E-state index in [0.29, 0.717) is 37.4 Å². The molecule has 19 heteroatoms. The fourth-order valence-corrected chi connectivity index (χ4v) is 6.53. The number of piperazine rings is 1. The third-order valence-corrected chi connectivity index (χ3v) is 9.92. The van der Waals surface area contributed by atoms with Gasteiger partial charge in [-0.15, -0.1) is 0 Å². The van der Waals surface area contributed by atoms with Crippen LogP contribution in [0.5, 0.6) is 0 Å². The Labute approximate surface area is 339 Å². The molecule has 3 amide bonds. The minimum Gasteiger partial charge on any atom is -0.471 e. The number of carbonyl (C=O) groups is 4. The topological polar surface area (TPSA) is 166 Å². The maximum Gasteiger partial charge on any atom is 0.292 e. The number of aryl methyl sites for hydroxylation is 1. The van der Waals surface area contributed by atoms with E-state index in [2.05, 4.69) is 20.1 Å². The van der Waals surface area contributed by atoms with Gasteiger partial charge in [0.15, 0.2) is 17.5 Å². The zero-order chi connectivity index (χ0) is 42.7. The van der Waals surface area contributed by atoms with Crippen molar-refractivity contribution in [1.29, 1.82) is 0 Å². The molecule has 58 heavy (non-hydrogen) atoms. The third kappa shape index (κ3) is 11.0. The molecule has 3 heterocycles. The summed E-state index contributed by atoms with van der Waals surface area (Å²) in [6.45, 7) is 3.27. The number of carbonyl (C=O) groups excluding carboxylic acids is 4. The molecule has 15 nitrogen and oxygen atoms in total. The first kappa shape index (κ1) is 45.4. The fourth-order valence-electron chi connectivity index (χ4n) is 6.27. The number of ether oxygens (including phenoxy) is 2. The van der Waals surface area contributed by atoms with E-state index in [1.165, 1.54) is 60.2 Å². The molecule has 2 aromatic heterocycles. The second-order valence-corrected chi connectivity index (χ2v) is 14.5. The maximum absolute atomic E-state index is 15.5. The lowest BCUT2D eigenvalue weighted by Gasteiger charge is -2.36. The van der Waals surface area contributed by atoms with Gasteiger partial charge in [0, 0.05) is 75.3 Å². The molecular weight excluding hydrogens is 785 g/mol. The summed E-state index contributed by atoms with van der Waals surface area (Å²) in [5.74, 6) is -3.66. The molecule has 2 aromatic carbocycles. The summed E-state index contributed by atoms with van der Waals surface area (Å²) in [4.78, 5) is 56.6. The predicted octanol–water partition coefficient (Wildman–Crippen LogP) is 2.79. The number of halogens is 4. The first-order valence-electron chi connectivity index (χ1n) is 18.3. The summed E-state index contributed by atoms with van der Waals surface area (Å²) in [7, 11) is 8.13. The van der Waals surface area contributed by atoms with Crippen molar-refractivity contribution in [2.45, 2.75) is 31.9 Å². The molecule has 1 unspecified atom stereocenters. The molecule has 0 spiro atoms. The number of nitrogens with zero attached hydrogens (tertiary/aromatic N) is 6. The summed E-state index contributed by atoms with van der Waals surface area (Å²) in [6, 6.07) is 7.27. The second kappa shape index (κ2) is 20.4. The lowest BCUT2D eigenvalue weighted by Crippen LogP contribution is -3.06. The molecule has 0 aliphatic carbocycles. The molecule has 1 aliphatic rings. The van der Waals surface area contributed by atoms with Gasteiger partial charge < -0.3 is 39.2 Å². The van der Waals surface area contributed by atoms with Crippen LogP contribution < -0.4 is 10.2 Å². The van der Waals surface area contributed by atoms with Gasteiger partial charge in [-0.05, 0) is 31.2 Å². The van der Waals surface area contributed by atoms with Gasteiger partial charge in [-0.1, -0.05) is 17.7 Å². The van der Waals surface area contributed by atoms with Crippen molar-refractivity contribution in [1.82, 2.24) is 29.1 Å². The van der Waals surface area contributed by atoms with E-state index in [4.69, 9.17) is 21.1 Å². The highest BCUT2D eigenvalue weighted by Crippen LogP contribution is 2.33. The van der Waals surface area contributed by atoms with Crippen LogP contribution >= 0.6 is 11.6 Å². The van der Waals surface area contributed by atoms with Crippen LogP contribution in [0.25, 0.3) is 22.4 Å². The first-order chi connectivity index (χ1) is 27.6. The van der Waals surface area contributed by atoms with E-state index >= 15 is 8.78 Å². The van der Waals surface area contributed by atoms with E-state index in [0.717, 1.165) is 4.90 Å². The monoisotopic (exact) mass is 833 g/mol. The van der Waals surface area contributed by atoms with Gasteiger partial charge in [0.2, 0.25) is 5.91 Å². The number of anilines is 1. The van der Waals surface area contributed by atoms with E-state index in [1.54, 1.807) is 29.8 Å². The summed E-state index contributed by atoms with van der Waals surface area (Å²) in [6.07, 6.45) is 2.72. The van der Waals surface area contributed by atoms with Crippen molar-refractivity contribution >= 4 is 41.5 Å². The van der Waals surface area contributed by atoms with Crippen molar-refractivity contribution in [3.8, 4) is 22.4 Å². The van der Waals surface area contributed by atoms with Crippen LogP contribution in [0.4, 0.5) is 18.9 Å². The Morgan fingerprint density at radius 2 is 1.67 bits per heavy atom. The number of hydrogen-bond acceptors (Lipinski definition) is 9. The highest BCUT2D eigenvalue weighted by Gasteiger charge is 2.35. The summed E-state index contributed by atoms with van der Waals surface area (Å²) in [5.41, 5.74) is -0.190. The molecule has 1 fully saturated rings. The second-order valence-electron chi connectivity index (χ2n) is 14.1. The average Bonchev–Trinajstić information content (AvgIpc) is 3.78. The number of methoxy groups -OCH3 is 2. The van der Waals surface area contributed by atoms with Crippen molar-refractivity contribution in [2.75, 3.05) is 79.6 Å². The smallest absolute Gasteiger partial charge is 0.292 e. The number of nitrogens with one attached hydrogen (secondary N) is 2. The van der Waals surface area contributed by atoms with Crippen molar-refractivity contribution in [2.24, 2.45) is 7.05 Å². The Balaban J connectivity index is 0.00000178. The number of benzene rings is 2. The summed E-state index contributed by atoms with van der Waals surface area (Å²) >= 11 is 6.49. The minimum atomic E-state index is -1.73. The third-order valence-electron chi connectivity index (χ3n) is 9.60. The molecule has 0 radical (unpaired) electrons. The SMILES string of the molecule is COC=O.COCCn1cc(-c2ccc(-c3cnc(C(=O)Nc4ccc(C(=O)N5CCN(C(=O)CC(O)(CF)CC[NH+](C)C)CC5)c(Cl)c4)n3C)c(F)c2F)c(C)n1. The number of amides is 3. The van der Waals surface area contributed by atoms with E-state index < -0.39 is 29.8 Å². The van der Waals surface area contributed by atoms with Gasteiger partial charge in [0.1, 0.15) is 12.3 Å². The fraction of sp³-hybridized carbons (Fsp3) is 0.436. The van der Waals surface area contributed by atoms with Crippen molar-refractivity contribution in [3.63, 3.8) is 0 Å². The van der Waals surface area contributed by atoms with Gasteiger partial charge in [-0.3, -0.25) is 23.9 Å². The van der Waals surface area contributed by atoms with Crippen LogP contribution in [0.3, 0.4) is 0 Å². The average molecular weight is 834 g/mol. The number of alkyl halides is 1. The molecule has 3 N–H and O–H groups in total. The molecular formula is C39H49ClF3N8O7+. The maximum atomic E-state index is 15.5. The number of quaternary nitrogens is 1. The number of aliphatic hydroxyl groups is 1. The molecule has 1 aliphatic heterocycles. The number of hydrogen-bond donors (Lipinski definition) is 3.